The number of ether oxygens (including phenoxy) is 1. The van der Waals surface area contributed by atoms with E-state index >= 15 is 0 Å². The number of carbonyl (C=O) groups is 1. The molecule has 0 unspecified atom stereocenters. The minimum atomic E-state index is 0.0129. The molecular formula is C17H22N2O2. The molecule has 0 N–H and O–H groups in total. The van der Waals surface area contributed by atoms with Crippen LogP contribution < -0.4 is 4.74 Å². The highest BCUT2D eigenvalue weighted by molar-refractivity contribution is 5.77. The minimum absolute atomic E-state index is 0.0129. The first kappa shape index (κ1) is 15.4. The number of rotatable bonds is 4. The van der Waals surface area contributed by atoms with Gasteiger partial charge in [0.2, 0.25) is 0 Å². The maximum atomic E-state index is 12.2. The molecule has 1 aromatic rings. The molecule has 1 aromatic carbocycles. The molecule has 4 nitrogen and oxygen atoms in total. The first-order chi connectivity index (χ1) is 10.1. The van der Waals surface area contributed by atoms with Crippen LogP contribution in [0.5, 0.6) is 5.75 Å². The molecule has 0 saturated heterocycles. The van der Waals surface area contributed by atoms with E-state index in [0.717, 1.165) is 18.8 Å². The fourth-order valence-electron chi connectivity index (χ4n) is 2.71. The molecule has 1 aliphatic carbocycles. The van der Waals surface area contributed by atoms with Gasteiger partial charge in [0.1, 0.15) is 5.75 Å². The van der Waals surface area contributed by atoms with E-state index in [1.165, 1.54) is 12.8 Å². The molecule has 112 valence electrons. The van der Waals surface area contributed by atoms with Gasteiger partial charge in [-0.15, -0.1) is 0 Å². The Hall–Kier alpha value is -2.02. The van der Waals surface area contributed by atoms with Gasteiger partial charge in [0.25, 0.3) is 5.91 Å². The van der Waals surface area contributed by atoms with E-state index in [1.54, 1.807) is 24.3 Å². The molecule has 1 saturated carbocycles. The van der Waals surface area contributed by atoms with Gasteiger partial charge in [-0.25, -0.2) is 0 Å². The molecule has 4 heteroatoms. The van der Waals surface area contributed by atoms with Gasteiger partial charge in [-0.05, 0) is 55.9 Å². The van der Waals surface area contributed by atoms with Crippen LogP contribution in [0.1, 0.15) is 38.2 Å². The smallest absolute Gasteiger partial charge is 0.260 e. The van der Waals surface area contributed by atoms with Crippen molar-refractivity contribution in [3.63, 3.8) is 0 Å². The Labute approximate surface area is 126 Å². The van der Waals surface area contributed by atoms with Gasteiger partial charge >= 0.3 is 0 Å². The number of likely N-dealkylation sites (N-methyl/N-ethyl adjacent to an activating group) is 1. The van der Waals surface area contributed by atoms with Crippen molar-refractivity contribution in [2.75, 3.05) is 13.7 Å². The van der Waals surface area contributed by atoms with E-state index in [9.17, 15) is 4.79 Å². The zero-order chi connectivity index (χ0) is 15.2. The largest absolute Gasteiger partial charge is 0.484 e. The standard InChI is InChI=1S/C17H22N2O2/c1-13-3-7-15(8-4-13)19(2)17(20)12-21-16-9-5-14(11-18)6-10-16/h5-6,9-10,13,15H,3-4,7-8,12H2,1-2H3. The maximum Gasteiger partial charge on any atom is 0.260 e. The first-order valence-electron chi connectivity index (χ1n) is 7.48. The summed E-state index contributed by atoms with van der Waals surface area (Å²) in [5, 5.41) is 8.73. The van der Waals surface area contributed by atoms with E-state index < -0.39 is 0 Å². The number of hydrogen-bond donors (Lipinski definition) is 0. The molecule has 0 aromatic heterocycles. The molecule has 0 bridgehead atoms. The van der Waals surface area contributed by atoms with Gasteiger partial charge in [0.05, 0.1) is 11.6 Å². The third-order valence-electron chi connectivity index (χ3n) is 4.27. The number of benzene rings is 1. The zero-order valence-corrected chi connectivity index (χ0v) is 12.7. The molecule has 0 aliphatic heterocycles. The minimum Gasteiger partial charge on any atom is -0.484 e. The summed E-state index contributed by atoms with van der Waals surface area (Å²) in [6.07, 6.45) is 4.55. The fourth-order valence-corrected chi connectivity index (χ4v) is 2.71. The molecule has 0 radical (unpaired) electrons. The van der Waals surface area contributed by atoms with Crippen molar-refractivity contribution in [3.8, 4) is 11.8 Å². The van der Waals surface area contributed by atoms with Crippen molar-refractivity contribution >= 4 is 5.91 Å². The molecule has 0 atom stereocenters. The van der Waals surface area contributed by atoms with Crippen LogP contribution in [-0.4, -0.2) is 30.5 Å². The molecule has 0 heterocycles. The molecule has 21 heavy (non-hydrogen) atoms. The van der Waals surface area contributed by atoms with E-state index in [1.807, 2.05) is 11.9 Å². The molecule has 0 spiro atoms. The average Bonchev–Trinajstić information content (AvgIpc) is 2.53. The molecule has 1 fully saturated rings. The number of hydrogen-bond acceptors (Lipinski definition) is 3. The SMILES string of the molecule is CC1CCC(N(C)C(=O)COc2ccc(C#N)cc2)CC1. The van der Waals surface area contributed by atoms with Crippen LogP contribution in [0.15, 0.2) is 24.3 Å². The Morgan fingerprint density at radius 3 is 2.48 bits per heavy atom. The lowest BCUT2D eigenvalue weighted by molar-refractivity contribution is -0.134. The Morgan fingerprint density at radius 1 is 1.29 bits per heavy atom. The third kappa shape index (κ3) is 4.22. The summed E-state index contributed by atoms with van der Waals surface area (Å²) in [6.45, 7) is 2.32. The summed E-state index contributed by atoms with van der Waals surface area (Å²) in [5.41, 5.74) is 0.585. The van der Waals surface area contributed by atoms with Gasteiger partial charge in [0.15, 0.2) is 6.61 Å². The molecule has 1 amide bonds. The highest BCUT2D eigenvalue weighted by Gasteiger charge is 2.24. The summed E-state index contributed by atoms with van der Waals surface area (Å²) in [4.78, 5) is 14.0. The van der Waals surface area contributed by atoms with Crippen molar-refractivity contribution in [2.24, 2.45) is 5.92 Å². The lowest BCUT2D eigenvalue weighted by Crippen LogP contribution is -2.41. The van der Waals surface area contributed by atoms with E-state index in [0.29, 0.717) is 17.4 Å². The first-order valence-corrected chi connectivity index (χ1v) is 7.48. The second-order valence-corrected chi connectivity index (χ2v) is 5.84. The van der Waals surface area contributed by atoms with Crippen molar-refractivity contribution in [2.45, 2.75) is 38.6 Å². The highest BCUT2D eigenvalue weighted by Crippen LogP contribution is 2.26. The van der Waals surface area contributed by atoms with Gasteiger partial charge in [-0.2, -0.15) is 5.26 Å². The van der Waals surface area contributed by atoms with Crippen LogP contribution in [0.4, 0.5) is 0 Å². The monoisotopic (exact) mass is 286 g/mol. The maximum absolute atomic E-state index is 12.2. The van der Waals surface area contributed by atoms with Crippen molar-refractivity contribution in [1.82, 2.24) is 4.90 Å². The van der Waals surface area contributed by atoms with E-state index in [4.69, 9.17) is 10.00 Å². The summed E-state index contributed by atoms with van der Waals surface area (Å²) in [5.74, 6) is 1.41. The van der Waals surface area contributed by atoms with E-state index in [-0.39, 0.29) is 12.5 Å². The van der Waals surface area contributed by atoms with Crippen molar-refractivity contribution < 1.29 is 9.53 Å². The number of carbonyl (C=O) groups excluding carboxylic acids is 1. The van der Waals surface area contributed by atoms with Gasteiger partial charge in [0, 0.05) is 13.1 Å². The fraction of sp³-hybridized carbons (Fsp3) is 0.529. The molecule has 1 aliphatic rings. The summed E-state index contributed by atoms with van der Waals surface area (Å²) in [7, 11) is 1.87. The number of amides is 1. The predicted molar refractivity (Wildman–Crippen MR) is 80.8 cm³/mol. The zero-order valence-electron chi connectivity index (χ0n) is 12.7. The van der Waals surface area contributed by atoms with E-state index in [2.05, 4.69) is 13.0 Å². The van der Waals surface area contributed by atoms with Crippen LogP contribution in [0, 0.1) is 17.2 Å². The Balaban J connectivity index is 1.82. The average molecular weight is 286 g/mol. The van der Waals surface area contributed by atoms with Crippen LogP contribution in [-0.2, 0) is 4.79 Å². The van der Waals surface area contributed by atoms with Gasteiger partial charge in [-0.3, -0.25) is 4.79 Å². The van der Waals surface area contributed by atoms with Crippen LogP contribution in [0.25, 0.3) is 0 Å². The van der Waals surface area contributed by atoms with Gasteiger partial charge < -0.3 is 9.64 Å². The second kappa shape index (κ2) is 7.12. The quantitative estimate of drug-likeness (QED) is 0.855. The summed E-state index contributed by atoms with van der Waals surface area (Å²) >= 11 is 0. The normalized spacial score (nSPS) is 21.4. The summed E-state index contributed by atoms with van der Waals surface area (Å²) in [6, 6.07) is 9.20. The lowest BCUT2D eigenvalue weighted by atomic mass is 9.87. The Morgan fingerprint density at radius 2 is 1.90 bits per heavy atom. The lowest BCUT2D eigenvalue weighted by Gasteiger charge is -2.33. The van der Waals surface area contributed by atoms with Gasteiger partial charge in [-0.1, -0.05) is 6.92 Å². The van der Waals surface area contributed by atoms with Crippen LogP contribution in [0.2, 0.25) is 0 Å². The molecular weight excluding hydrogens is 264 g/mol. The van der Waals surface area contributed by atoms with Crippen molar-refractivity contribution in [1.29, 1.82) is 5.26 Å². The highest BCUT2D eigenvalue weighted by atomic mass is 16.5. The van der Waals surface area contributed by atoms with Crippen LogP contribution >= 0.6 is 0 Å². The summed E-state index contributed by atoms with van der Waals surface area (Å²) < 4.78 is 5.50. The van der Waals surface area contributed by atoms with Crippen molar-refractivity contribution in [3.05, 3.63) is 29.8 Å². The third-order valence-corrected chi connectivity index (χ3v) is 4.27. The second-order valence-electron chi connectivity index (χ2n) is 5.84. The Bertz CT molecular complexity index is 511. The molecule has 2 rings (SSSR count). The predicted octanol–water partition coefficient (Wildman–Crippen LogP) is 2.97. The van der Waals surface area contributed by atoms with Crippen LogP contribution in [0.3, 0.4) is 0 Å². The number of nitrogens with zero attached hydrogens (tertiary/aromatic N) is 2. The number of nitriles is 1. The topological polar surface area (TPSA) is 53.3 Å². The Kier molecular flexibility index (Phi) is 5.21.